The van der Waals surface area contributed by atoms with Crippen LogP contribution >= 0.6 is 0 Å². The molecule has 0 bridgehead atoms. The van der Waals surface area contributed by atoms with Crippen LogP contribution in [0.25, 0.3) is 0 Å². The minimum Gasteiger partial charge on any atom is -0.339 e. The van der Waals surface area contributed by atoms with Crippen LogP contribution in [0.15, 0.2) is 4.52 Å². The van der Waals surface area contributed by atoms with Crippen LogP contribution in [0.3, 0.4) is 0 Å². The first-order valence-corrected chi connectivity index (χ1v) is 7.71. The Morgan fingerprint density at radius 3 is 2.95 bits per heavy atom. The summed E-state index contributed by atoms with van der Waals surface area (Å²) in [5.41, 5.74) is 0. The largest absolute Gasteiger partial charge is 0.339 e. The average Bonchev–Trinajstić information content (AvgIpc) is 2.83. The first-order chi connectivity index (χ1) is 9.15. The average molecular weight is 265 g/mol. The fourth-order valence-electron chi connectivity index (χ4n) is 2.83. The lowest BCUT2D eigenvalue weighted by atomic mass is 9.82. The van der Waals surface area contributed by atoms with Gasteiger partial charge in [0.1, 0.15) is 0 Å². The number of aromatic nitrogens is 2. The zero-order chi connectivity index (χ0) is 13.7. The molecular weight excluding hydrogens is 238 g/mol. The SMILES string of the molecule is CC1CCCC(c2noc(CCCNC(C)C)n2)C1. The standard InChI is InChI=1S/C15H27N3O/c1-11(2)16-9-5-8-14-17-15(18-19-14)13-7-4-6-12(3)10-13/h11-13,16H,4-10H2,1-3H3. The molecule has 1 aromatic heterocycles. The van der Waals surface area contributed by atoms with Gasteiger partial charge in [0.25, 0.3) is 0 Å². The van der Waals surface area contributed by atoms with Gasteiger partial charge in [0.05, 0.1) is 0 Å². The topological polar surface area (TPSA) is 51.0 Å². The van der Waals surface area contributed by atoms with Gasteiger partial charge in [0.2, 0.25) is 5.89 Å². The molecule has 0 spiro atoms. The molecule has 2 unspecified atom stereocenters. The summed E-state index contributed by atoms with van der Waals surface area (Å²) >= 11 is 0. The van der Waals surface area contributed by atoms with Crippen LogP contribution < -0.4 is 5.32 Å². The molecule has 0 saturated heterocycles. The Bertz CT molecular complexity index is 375. The van der Waals surface area contributed by atoms with Crippen LogP contribution in [-0.2, 0) is 6.42 Å². The van der Waals surface area contributed by atoms with Gasteiger partial charge in [-0.15, -0.1) is 0 Å². The van der Waals surface area contributed by atoms with Crippen molar-refractivity contribution in [3.8, 4) is 0 Å². The third-order valence-electron chi connectivity index (χ3n) is 3.91. The molecule has 1 heterocycles. The van der Waals surface area contributed by atoms with E-state index in [2.05, 4.69) is 36.2 Å². The number of nitrogens with one attached hydrogen (secondary N) is 1. The Labute approximate surface area is 116 Å². The predicted molar refractivity (Wildman–Crippen MR) is 76.1 cm³/mol. The number of rotatable bonds is 6. The summed E-state index contributed by atoms with van der Waals surface area (Å²) in [6, 6.07) is 0.543. The lowest BCUT2D eigenvalue weighted by molar-refractivity contribution is 0.319. The lowest BCUT2D eigenvalue weighted by Gasteiger charge is -2.23. The quantitative estimate of drug-likeness (QED) is 0.802. The summed E-state index contributed by atoms with van der Waals surface area (Å²) in [5.74, 6) is 3.07. The fourth-order valence-corrected chi connectivity index (χ4v) is 2.83. The maximum absolute atomic E-state index is 5.37. The van der Waals surface area contributed by atoms with E-state index in [-0.39, 0.29) is 0 Å². The zero-order valence-corrected chi connectivity index (χ0v) is 12.5. The molecule has 4 heteroatoms. The Morgan fingerprint density at radius 1 is 1.37 bits per heavy atom. The van der Waals surface area contributed by atoms with Gasteiger partial charge in [-0.25, -0.2) is 0 Å². The summed E-state index contributed by atoms with van der Waals surface area (Å²) in [5, 5.41) is 7.58. The van der Waals surface area contributed by atoms with Crippen molar-refractivity contribution >= 4 is 0 Å². The van der Waals surface area contributed by atoms with Crippen molar-refractivity contribution in [2.45, 2.75) is 71.3 Å². The Morgan fingerprint density at radius 2 is 2.21 bits per heavy atom. The second kappa shape index (κ2) is 7.04. The Kier molecular flexibility index (Phi) is 5.37. The van der Waals surface area contributed by atoms with Gasteiger partial charge in [-0.3, -0.25) is 0 Å². The van der Waals surface area contributed by atoms with Crippen molar-refractivity contribution in [2.24, 2.45) is 5.92 Å². The second-order valence-corrected chi connectivity index (χ2v) is 6.23. The minimum atomic E-state index is 0.523. The molecule has 108 valence electrons. The number of nitrogens with zero attached hydrogens (tertiary/aromatic N) is 2. The molecule has 0 aliphatic heterocycles. The molecule has 0 aromatic carbocycles. The smallest absolute Gasteiger partial charge is 0.226 e. The van der Waals surface area contributed by atoms with E-state index < -0.39 is 0 Å². The molecule has 2 atom stereocenters. The van der Waals surface area contributed by atoms with Gasteiger partial charge < -0.3 is 9.84 Å². The molecule has 0 amide bonds. The summed E-state index contributed by atoms with van der Waals surface area (Å²) in [6.45, 7) is 7.66. The van der Waals surface area contributed by atoms with E-state index in [1.165, 1.54) is 25.7 Å². The molecule has 1 aliphatic rings. The normalized spacial score (nSPS) is 24.0. The summed E-state index contributed by atoms with van der Waals surface area (Å²) in [6.07, 6.45) is 7.03. The van der Waals surface area contributed by atoms with Crippen molar-refractivity contribution in [1.82, 2.24) is 15.5 Å². The number of hydrogen-bond acceptors (Lipinski definition) is 4. The summed E-state index contributed by atoms with van der Waals surface area (Å²) < 4.78 is 5.37. The molecule has 1 saturated carbocycles. The first-order valence-electron chi connectivity index (χ1n) is 7.71. The number of aryl methyl sites for hydroxylation is 1. The van der Waals surface area contributed by atoms with Crippen LogP contribution in [0.4, 0.5) is 0 Å². The lowest BCUT2D eigenvalue weighted by Crippen LogP contribution is -2.23. The molecule has 4 nitrogen and oxygen atoms in total. The van der Waals surface area contributed by atoms with E-state index >= 15 is 0 Å². The number of hydrogen-bond donors (Lipinski definition) is 1. The highest BCUT2D eigenvalue weighted by Crippen LogP contribution is 2.34. The molecule has 0 radical (unpaired) electrons. The van der Waals surface area contributed by atoms with Crippen LogP contribution in [0.5, 0.6) is 0 Å². The highest BCUT2D eigenvalue weighted by Gasteiger charge is 2.24. The molecule has 1 N–H and O–H groups in total. The van der Waals surface area contributed by atoms with Crippen LogP contribution in [0, 0.1) is 5.92 Å². The maximum Gasteiger partial charge on any atom is 0.226 e. The molecule has 1 fully saturated rings. The molecule has 1 aromatic rings. The Balaban J connectivity index is 1.78. The van der Waals surface area contributed by atoms with Crippen molar-refractivity contribution < 1.29 is 4.52 Å². The molecule has 1 aliphatic carbocycles. The van der Waals surface area contributed by atoms with Gasteiger partial charge in [-0.05, 0) is 31.7 Å². The van der Waals surface area contributed by atoms with Crippen molar-refractivity contribution in [3.05, 3.63) is 11.7 Å². The van der Waals surface area contributed by atoms with Gasteiger partial charge in [-0.2, -0.15) is 4.98 Å². The second-order valence-electron chi connectivity index (χ2n) is 6.23. The van der Waals surface area contributed by atoms with Crippen molar-refractivity contribution in [3.63, 3.8) is 0 Å². The van der Waals surface area contributed by atoms with E-state index in [1.807, 2.05) is 0 Å². The van der Waals surface area contributed by atoms with Crippen molar-refractivity contribution in [2.75, 3.05) is 6.54 Å². The highest BCUT2D eigenvalue weighted by molar-refractivity contribution is 4.97. The molecule has 2 rings (SSSR count). The molecule has 19 heavy (non-hydrogen) atoms. The van der Waals surface area contributed by atoms with E-state index in [0.29, 0.717) is 12.0 Å². The highest BCUT2D eigenvalue weighted by atomic mass is 16.5. The van der Waals surface area contributed by atoms with Gasteiger partial charge in [-0.1, -0.05) is 38.8 Å². The summed E-state index contributed by atoms with van der Waals surface area (Å²) in [4.78, 5) is 4.58. The third kappa shape index (κ3) is 4.60. The van der Waals surface area contributed by atoms with E-state index in [9.17, 15) is 0 Å². The molecular formula is C15H27N3O. The van der Waals surface area contributed by atoms with Crippen molar-refractivity contribution in [1.29, 1.82) is 0 Å². The van der Waals surface area contributed by atoms with Crippen LogP contribution in [-0.4, -0.2) is 22.7 Å². The summed E-state index contributed by atoms with van der Waals surface area (Å²) in [7, 11) is 0. The third-order valence-corrected chi connectivity index (χ3v) is 3.91. The van der Waals surface area contributed by atoms with E-state index in [1.54, 1.807) is 0 Å². The van der Waals surface area contributed by atoms with Gasteiger partial charge >= 0.3 is 0 Å². The monoisotopic (exact) mass is 265 g/mol. The van der Waals surface area contributed by atoms with Gasteiger partial charge in [0, 0.05) is 18.4 Å². The van der Waals surface area contributed by atoms with Crippen LogP contribution in [0.2, 0.25) is 0 Å². The van der Waals surface area contributed by atoms with Crippen LogP contribution in [0.1, 0.15) is 70.5 Å². The minimum absolute atomic E-state index is 0.523. The van der Waals surface area contributed by atoms with E-state index in [0.717, 1.165) is 37.0 Å². The van der Waals surface area contributed by atoms with E-state index in [4.69, 9.17) is 4.52 Å². The maximum atomic E-state index is 5.37. The Hall–Kier alpha value is -0.900. The zero-order valence-electron chi connectivity index (χ0n) is 12.5. The van der Waals surface area contributed by atoms with Gasteiger partial charge in [0.15, 0.2) is 5.82 Å². The fraction of sp³-hybridized carbons (Fsp3) is 0.867. The predicted octanol–water partition coefficient (Wildman–Crippen LogP) is 3.29. The first kappa shape index (κ1) is 14.5.